The second kappa shape index (κ2) is 7.68. The van der Waals surface area contributed by atoms with Crippen LogP contribution in [-0.2, 0) is 5.41 Å². The van der Waals surface area contributed by atoms with Crippen LogP contribution in [0.25, 0.3) is 11.4 Å². The number of hydrogen-bond acceptors (Lipinski definition) is 8. The molecule has 3 aromatic heterocycles. The minimum absolute atomic E-state index is 0.307. The maximum absolute atomic E-state index is 14.0. The molecule has 0 bridgehead atoms. The highest BCUT2D eigenvalue weighted by molar-refractivity contribution is 5.53. The smallest absolute Gasteiger partial charge is 0.222 e. The number of nitrogens with zero attached hydrogens (tertiary/aromatic N) is 5. The van der Waals surface area contributed by atoms with E-state index in [2.05, 4.69) is 30.2 Å². The van der Waals surface area contributed by atoms with Crippen molar-refractivity contribution in [3.05, 3.63) is 60.2 Å². The highest BCUT2D eigenvalue weighted by Crippen LogP contribution is 2.24. The molecular weight excluding hydrogens is 349 g/mol. The van der Waals surface area contributed by atoms with Crippen molar-refractivity contribution in [2.75, 3.05) is 11.9 Å². The van der Waals surface area contributed by atoms with Crippen molar-refractivity contribution in [3.8, 4) is 11.4 Å². The van der Waals surface area contributed by atoms with Gasteiger partial charge in [-0.15, -0.1) is 0 Å². The normalized spacial score (nSPS) is 12.6. The van der Waals surface area contributed by atoms with Gasteiger partial charge in [0.25, 0.3) is 0 Å². The number of nitrogens with two attached hydrogens (primary N) is 1. The Hall–Kier alpha value is -3.04. The van der Waals surface area contributed by atoms with Gasteiger partial charge in [-0.3, -0.25) is 4.98 Å². The second-order valence-electron chi connectivity index (χ2n) is 6.62. The zero-order valence-electron chi connectivity index (χ0n) is 15.0. The van der Waals surface area contributed by atoms with Crippen LogP contribution >= 0.6 is 0 Å². The summed E-state index contributed by atoms with van der Waals surface area (Å²) < 4.78 is 14.0. The number of aliphatic hydroxyl groups is 1. The molecule has 8 nitrogen and oxygen atoms in total. The van der Waals surface area contributed by atoms with E-state index in [1.54, 1.807) is 24.7 Å². The van der Waals surface area contributed by atoms with Gasteiger partial charge in [0.1, 0.15) is 12.0 Å². The van der Waals surface area contributed by atoms with E-state index in [0.717, 1.165) is 0 Å². The van der Waals surface area contributed by atoms with E-state index in [0.29, 0.717) is 35.3 Å². The lowest BCUT2D eigenvalue weighted by molar-refractivity contribution is 0.181. The summed E-state index contributed by atoms with van der Waals surface area (Å²) in [5.74, 6) is 0.400. The van der Waals surface area contributed by atoms with Crippen LogP contribution in [0, 0.1) is 5.82 Å². The molecule has 0 saturated heterocycles. The topological polar surface area (TPSA) is 123 Å². The van der Waals surface area contributed by atoms with Crippen LogP contribution in [0.1, 0.15) is 31.5 Å². The van der Waals surface area contributed by atoms with E-state index in [1.165, 1.54) is 18.3 Å². The van der Waals surface area contributed by atoms with Gasteiger partial charge in [0, 0.05) is 36.7 Å². The maximum Gasteiger partial charge on any atom is 0.222 e. The van der Waals surface area contributed by atoms with E-state index in [1.807, 2.05) is 13.8 Å². The van der Waals surface area contributed by atoms with Crippen LogP contribution in [0.15, 0.2) is 43.0 Å². The van der Waals surface area contributed by atoms with Crippen molar-refractivity contribution in [1.82, 2.24) is 24.9 Å². The molecule has 0 spiro atoms. The average Bonchev–Trinajstić information content (AvgIpc) is 2.67. The van der Waals surface area contributed by atoms with Crippen LogP contribution < -0.4 is 11.1 Å². The standard InChI is InChI=1S/C18H20FN7O/c1-18(2,14-12(19)4-3-6-21-14)10-25-17-23-8-11(9-24-17)16-22-7-5-13(26-16)15(20)27/h3-9,15,27H,10,20H2,1-2H3,(H,23,24,25). The Balaban J connectivity index is 1.71. The quantitative estimate of drug-likeness (QED) is 0.562. The molecule has 3 heterocycles. The predicted molar refractivity (Wildman–Crippen MR) is 97.9 cm³/mol. The van der Waals surface area contributed by atoms with Crippen molar-refractivity contribution in [2.24, 2.45) is 5.73 Å². The van der Waals surface area contributed by atoms with Crippen LogP contribution in [0.2, 0.25) is 0 Å². The average molecular weight is 369 g/mol. The number of aromatic nitrogens is 5. The summed E-state index contributed by atoms with van der Waals surface area (Å²) in [7, 11) is 0. The van der Waals surface area contributed by atoms with Gasteiger partial charge in [0.2, 0.25) is 5.95 Å². The lowest BCUT2D eigenvalue weighted by Gasteiger charge is -2.24. The van der Waals surface area contributed by atoms with Crippen LogP contribution in [0.5, 0.6) is 0 Å². The molecule has 0 fully saturated rings. The molecule has 1 atom stereocenters. The Kier molecular flexibility index (Phi) is 5.33. The van der Waals surface area contributed by atoms with Crippen LogP contribution in [0.3, 0.4) is 0 Å². The molecule has 0 saturated carbocycles. The van der Waals surface area contributed by atoms with Crippen LogP contribution in [-0.4, -0.2) is 36.6 Å². The first-order valence-electron chi connectivity index (χ1n) is 8.31. The third-order valence-corrected chi connectivity index (χ3v) is 3.98. The first kappa shape index (κ1) is 18.7. The third kappa shape index (κ3) is 4.39. The van der Waals surface area contributed by atoms with E-state index < -0.39 is 11.6 Å². The minimum atomic E-state index is -1.18. The zero-order valence-corrected chi connectivity index (χ0v) is 15.0. The molecule has 27 heavy (non-hydrogen) atoms. The van der Waals surface area contributed by atoms with Gasteiger partial charge in [-0.2, -0.15) is 0 Å². The van der Waals surface area contributed by atoms with Gasteiger partial charge in [0.05, 0.1) is 17.0 Å². The largest absolute Gasteiger partial charge is 0.373 e. The van der Waals surface area contributed by atoms with Gasteiger partial charge in [-0.05, 0) is 18.2 Å². The van der Waals surface area contributed by atoms with E-state index in [4.69, 9.17) is 5.73 Å². The molecule has 1 unspecified atom stereocenters. The summed E-state index contributed by atoms with van der Waals surface area (Å²) in [5.41, 5.74) is 6.13. The van der Waals surface area contributed by atoms with Gasteiger partial charge < -0.3 is 16.2 Å². The van der Waals surface area contributed by atoms with Crippen LogP contribution in [0.4, 0.5) is 10.3 Å². The summed E-state index contributed by atoms with van der Waals surface area (Å²) >= 11 is 0. The molecule has 4 N–H and O–H groups in total. The molecule has 0 amide bonds. The van der Waals surface area contributed by atoms with Gasteiger partial charge in [-0.25, -0.2) is 24.3 Å². The SMILES string of the molecule is CC(C)(CNc1ncc(-c2nccc(C(N)O)n2)cn1)c1ncccc1F. The van der Waals surface area contributed by atoms with Gasteiger partial charge >= 0.3 is 0 Å². The summed E-state index contributed by atoms with van der Waals surface area (Å²) in [5, 5.41) is 12.5. The first-order valence-corrected chi connectivity index (χ1v) is 8.31. The second-order valence-corrected chi connectivity index (χ2v) is 6.62. The fraction of sp³-hybridized carbons (Fsp3) is 0.278. The number of pyridine rings is 1. The number of nitrogens with one attached hydrogen (secondary N) is 1. The van der Waals surface area contributed by atoms with Crippen molar-refractivity contribution < 1.29 is 9.50 Å². The Labute approximate surface area is 155 Å². The Morgan fingerprint density at radius 2 is 1.89 bits per heavy atom. The predicted octanol–water partition coefficient (Wildman–Crippen LogP) is 1.81. The molecule has 9 heteroatoms. The van der Waals surface area contributed by atoms with E-state index in [-0.39, 0.29) is 5.82 Å². The van der Waals surface area contributed by atoms with Crippen molar-refractivity contribution in [1.29, 1.82) is 0 Å². The van der Waals surface area contributed by atoms with E-state index in [9.17, 15) is 9.50 Å². The fourth-order valence-electron chi connectivity index (χ4n) is 2.48. The Morgan fingerprint density at radius 1 is 1.15 bits per heavy atom. The molecule has 140 valence electrons. The van der Waals surface area contributed by atoms with Crippen molar-refractivity contribution in [2.45, 2.75) is 25.5 Å². The van der Waals surface area contributed by atoms with E-state index >= 15 is 0 Å². The summed E-state index contributed by atoms with van der Waals surface area (Å²) in [6.07, 6.45) is 5.02. The van der Waals surface area contributed by atoms with Gasteiger partial charge in [0.15, 0.2) is 5.82 Å². The van der Waals surface area contributed by atoms with Crippen molar-refractivity contribution in [3.63, 3.8) is 0 Å². The minimum Gasteiger partial charge on any atom is -0.373 e. The Bertz CT molecular complexity index is 916. The number of rotatable bonds is 6. The molecule has 0 aromatic carbocycles. The lowest BCUT2D eigenvalue weighted by atomic mass is 9.88. The maximum atomic E-state index is 14.0. The molecular formula is C18H20FN7O. The lowest BCUT2D eigenvalue weighted by Crippen LogP contribution is -2.30. The monoisotopic (exact) mass is 369 g/mol. The van der Waals surface area contributed by atoms with Crippen molar-refractivity contribution >= 4 is 5.95 Å². The molecule has 0 aliphatic carbocycles. The third-order valence-electron chi connectivity index (χ3n) is 3.98. The zero-order chi connectivity index (χ0) is 19.4. The summed E-state index contributed by atoms with van der Waals surface area (Å²) in [6, 6.07) is 4.48. The number of hydrogen-bond donors (Lipinski definition) is 3. The number of anilines is 1. The highest BCUT2D eigenvalue weighted by Gasteiger charge is 2.25. The summed E-state index contributed by atoms with van der Waals surface area (Å²) in [6.45, 7) is 4.17. The highest BCUT2D eigenvalue weighted by atomic mass is 19.1. The fourth-order valence-corrected chi connectivity index (χ4v) is 2.48. The molecule has 0 aliphatic heterocycles. The summed E-state index contributed by atoms with van der Waals surface area (Å²) in [4.78, 5) is 20.9. The van der Waals surface area contributed by atoms with Gasteiger partial charge in [-0.1, -0.05) is 13.8 Å². The number of aliphatic hydroxyl groups excluding tert-OH is 1. The molecule has 0 aliphatic rings. The number of halogens is 1. The Morgan fingerprint density at radius 3 is 2.56 bits per heavy atom. The molecule has 0 radical (unpaired) electrons. The first-order chi connectivity index (χ1) is 12.9. The molecule has 3 rings (SSSR count). The molecule has 3 aromatic rings.